The van der Waals surface area contributed by atoms with E-state index in [-0.39, 0.29) is 18.9 Å². The quantitative estimate of drug-likeness (QED) is 0.607. The lowest BCUT2D eigenvalue weighted by Gasteiger charge is -2.11. The highest BCUT2D eigenvalue weighted by atomic mass is 32.1. The molecule has 0 bridgehead atoms. The van der Waals surface area contributed by atoms with Crippen LogP contribution < -0.4 is 10.1 Å². The van der Waals surface area contributed by atoms with Crippen LogP contribution in [0.4, 0.5) is 5.00 Å². The van der Waals surface area contributed by atoms with Crippen LogP contribution in [0.5, 0.6) is 5.75 Å². The van der Waals surface area contributed by atoms with Gasteiger partial charge in [0.15, 0.2) is 0 Å². The highest BCUT2D eigenvalue weighted by molar-refractivity contribution is 7.18. The van der Waals surface area contributed by atoms with Gasteiger partial charge in [0, 0.05) is 5.56 Å². The molecule has 0 saturated carbocycles. The molecule has 3 aromatic rings. The van der Waals surface area contributed by atoms with Crippen LogP contribution in [0, 0.1) is 0 Å². The maximum Gasteiger partial charge on any atom is 0.348 e. The van der Waals surface area contributed by atoms with Gasteiger partial charge in [-0.3, -0.25) is 4.79 Å². The molecule has 27 heavy (non-hydrogen) atoms. The summed E-state index contributed by atoms with van der Waals surface area (Å²) >= 11 is 1.18. The minimum absolute atomic E-state index is 0.176. The zero-order valence-corrected chi connectivity index (χ0v) is 15.6. The van der Waals surface area contributed by atoms with Crippen LogP contribution in [0.25, 0.3) is 11.1 Å². The van der Waals surface area contributed by atoms with E-state index in [1.54, 1.807) is 12.1 Å². The molecule has 1 aromatic heterocycles. The summed E-state index contributed by atoms with van der Waals surface area (Å²) in [5.74, 6) is 0.146. The maximum absolute atomic E-state index is 12.1. The van der Waals surface area contributed by atoms with Gasteiger partial charge in [-0.1, -0.05) is 48.5 Å². The molecule has 0 spiro atoms. The zero-order chi connectivity index (χ0) is 19.1. The number of anilines is 1. The molecule has 2 aromatic carbocycles. The Kier molecular flexibility index (Phi) is 6.22. The minimum Gasteiger partial charge on any atom is -0.492 e. The summed E-state index contributed by atoms with van der Waals surface area (Å²) in [5.41, 5.74) is 2.05. The molecule has 0 aliphatic rings. The van der Waals surface area contributed by atoms with Gasteiger partial charge in [0.1, 0.15) is 10.6 Å². The van der Waals surface area contributed by atoms with Crippen LogP contribution >= 0.6 is 11.3 Å². The van der Waals surface area contributed by atoms with Gasteiger partial charge in [0.05, 0.1) is 25.1 Å². The number of benzene rings is 2. The number of hydrogen-bond acceptors (Lipinski definition) is 5. The van der Waals surface area contributed by atoms with E-state index in [0.29, 0.717) is 9.88 Å². The predicted molar refractivity (Wildman–Crippen MR) is 106 cm³/mol. The van der Waals surface area contributed by atoms with Crippen molar-refractivity contribution in [2.75, 3.05) is 19.0 Å². The summed E-state index contributed by atoms with van der Waals surface area (Å²) in [4.78, 5) is 24.0. The average molecular weight is 381 g/mol. The summed E-state index contributed by atoms with van der Waals surface area (Å²) in [6.07, 6.45) is 0.203. The predicted octanol–water partition coefficient (Wildman–Crippen LogP) is 4.61. The zero-order valence-electron chi connectivity index (χ0n) is 14.8. The number of amides is 1. The second-order valence-electron chi connectivity index (χ2n) is 5.66. The number of rotatable bonds is 7. The molecule has 1 amide bonds. The first kappa shape index (κ1) is 18.7. The summed E-state index contributed by atoms with van der Waals surface area (Å²) in [6.45, 7) is 0.255. The van der Waals surface area contributed by atoms with E-state index in [4.69, 9.17) is 4.74 Å². The molecular formula is C21H19NO4S. The Morgan fingerprint density at radius 1 is 0.963 bits per heavy atom. The summed E-state index contributed by atoms with van der Waals surface area (Å²) < 4.78 is 10.5. The molecule has 0 unspecified atom stereocenters. The third-order valence-electron chi connectivity index (χ3n) is 3.81. The van der Waals surface area contributed by atoms with Gasteiger partial charge in [0.25, 0.3) is 0 Å². The van der Waals surface area contributed by atoms with Crippen molar-refractivity contribution >= 4 is 28.2 Å². The lowest BCUT2D eigenvalue weighted by atomic mass is 10.1. The number of carbonyl (C=O) groups excluding carboxylic acids is 2. The first-order valence-corrected chi connectivity index (χ1v) is 9.24. The van der Waals surface area contributed by atoms with Gasteiger partial charge in [0.2, 0.25) is 5.91 Å². The number of hydrogen-bond donors (Lipinski definition) is 1. The van der Waals surface area contributed by atoms with Crippen LogP contribution in [0.3, 0.4) is 0 Å². The first-order valence-electron chi connectivity index (χ1n) is 8.42. The van der Waals surface area contributed by atoms with Crippen molar-refractivity contribution in [1.29, 1.82) is 0 Å². The van der Waals surface area contributed by atoms with E-state index in [1.165, 1.54) is 18.4 Å². The largest absolute Gasteiger partial charge is 0.492 e. The molecule has 1 heterocycles. The Morgan fingerprint density at radius 3 is 2.48 bits per heavy atom. The van der Waals surface area contributed by atoms with Gasteiger partial charge in [-0.15, -0.1) is 11.3 Å². The number of carbonyl (C=O) groups is 2. The van der Waals surface area contributed by atoms with Crippen LogP contribution in [-0.4, -0.2) is 25.6 Å². The van der Waals surface area contributed by atoms with E-state index in [0.717, 1.165) is 16.9 Å². The highest BCUT2D eigenvalue weighted by Crippen LogP contribution is 2.29. The molecule has 0 saturated heterocycles. The smallest absolute Gasteiger partial charge is 0.348 e. The average Bonchev–Trinajstić information content (AvgIpc) is 3.17. The normalized spacial score (nSPS) is 10.3. The monoisotopic (exact) mass is 381 g/mol. The third kappa shape index (κ3) is 4.95. The van der Waals surface area contributed by atoms with Crippen molar-refractivity contribution in [3.63, 3.8) is 0 Å². The molecule has 0 fully saturated rings. The SMILES string of the molecule is COC(=O)c1ccc(NC(=O)CCOc2ccccc2-c2ccccc2)s1. The van der Waals surface area contributed by atoms with Crippen molar-refractivity contribution in [2.45, 2.75) is 6.42 Å². The topological polar surface area (TPSA) is 64.6 Å². The summed E-state index contributed by atoms with van der Waals surface area (Å²) in [7, 11) is 1.32. The standard InChI is InChI=1S/C21H19NO4S/c1-25-21(24)18-11-12-20(27-18)22-19(23)13-14-26-17-10-6-5-9-16(17)15-7-3-2-4-8-15/h2-12H,13-14H2,1H3,(H,22,23). The number of ether oxygens (including phenoxy) is 2. The van der Waals surface area contributed by atoms with Crippen LogP contribution in [-0.2, 0) is 9.53 Å². The molecule has 0 radical (unpaired) electrons. The molecule has 1 N–H and O–H groups in total. The number of methoxy groups -OCH3 is 1. The van der Waals surface area contributed by atoms with E-state index in [2.05, 4.69) is 10.1 Å². The first-order chi connectivity index (χ1) is 13.2. The van der Waals surface area contributed by atoms with Gasteiger partial charge in [-0.25, -0.2) is 4.79 Å². The van der Waals surface area contributed by atoms with Crippen molar-refractivity contribution in [3.05, 3.63) is 71.6 Å². The second-order valence-corrected chi connectivity index (χ2v) is 6.75. The van der Waals surface area contributed by atoms with Crippen LogP contribution in [0.1, 0.15) is 16.1 Å². The Hall–Kier alpha value is -3.12. The molecule has 0 atom stereocenters. The van der Waals surface area contributed by atoms with Gasteiger partial charge < -0.3 is 14.8 Å². The Bertz CT molecular complexity index is 921. The molecule has 0 aliphatic carbocycles. The molecule has 3 rings (SSSR count). The van der Waals surface area contributed by atoms with Crippen LogP contribution in [0.15, 0.2) is 66.7 Å². The third-order valence-corrected chi connectivity index (χ3v) is 4.79. The number of nitrogens with one attached hydrogen (secondary N) is 1. The van der Waals surface area contributed by atoms with Crippen LogP contribution in [0.2, 0.25) is 0 Å². The Labute approximate surface area is 161 Å². The van der Waals surface area contributed by atoms with Gasteiger partial charge in [-0.2, -0.15) is 0 Å². The molecule has 0 aliphatic heterocycles. The van der Waals surface area contributed by atoms with Gasteiger partial charge >= 0.3 is 5.97 Å². The summed E-state index contributed by atoms with van der Waals surface area (Å²) in [6, 6.07) is 21.0. The molecule has 5 nitrogen and oxygen atoms in total. The van der Waals surface area contributed by atoms with E-state index in [1.807, 2.05) is 54.6 Å². The van der Waals surface area contributed by atoms with E-state index in [9.17, 15) is 9.59 Å². The Balaban J connectivity index is 1.55. The van der Waals surface area contributed by atoms with Crippen molar-refractivity contribution < 1.29 is 19.1 Å². The number of thiophene rings is 1. The minimum atomic E-state index is -0.415. The highest BCUT2D eigenvalue weighted by Gasteiger charge is 2.11. The molecular weight excluding hydrogens is 362 g/mol. The fourth-order valence-electron chi connectivity index (χ4n) is 2.52. The van der Waals surface area contributed by atoms with E-state index >= 15 is 0 Å². The van der Waals surface area contributed by atoms with Gasteiger partial charge in [-0.05, 0) is 23.8 Å². The number of para-hydroxylation sites is 1. The van der Waals surface area contributed by atoms with Crippen molar-refractivity contribution in [3.8, 4) is 16.9 Å². The lowest BCUT2D eigenvalue weighted by molar-refractivity contribution is -0.116. The van der Waals surface area contributed by atoms with Crippen molar-refractivity contribution in [2.24, 2.45) is 0 Å². The fraction of sp³-hybridized carbons (Fsp3) is 0.143. The second kappa shape index (κ2) is 9.00. The van der Waals surface area contributed by atoms with Crippen molar-refractivity contribution in [1.82, 2.24) is 0 Å². The summed E-state index contributed by atoms with van der Waals surface area (Å²) in [5, 5.41) is 3.37. The maximum atomic E-state index is 12.1. The fourth-order valence-corrected chi connectivity index (χ4v) is 3.36. The number of esters is 1. The molecule has 138 valence electrons. The van der Waals surface area contributed by atoms with E-state index < -0.39 is 5.97 Å². The Morgan fingerprint density at radius 2 is 1.70 bits per heavy atom. The lowest BCUT2D eigenvalue weighted by Crippen LogP contribution is -2.14. The molecule has 6 heteroatoms.